The van der Waals surface area contributed by atoms with Crippen molar-refractivity contribution in [3.05, 3.63) is 0 Å². The zero-order valence-electron chi connectivity index (χ0n) is 10.5. The number of rotatable bonds is 3. The lowest BCUT2D eigenvalue weighted by atomic mass is 9.97. The molecular formula is C11H24ClN3O. The Kier molecular flexibility index (Phi) is 6.95. The van der Waals surface area contributed by atoms with Crippen LogP contribution in [0.5, 0.6) is 0 Å². The van der Waals surface area contributed by atoms with E-state index in [-0.39, 0.29) is 30.4 Å². The van der Waals surface area contributed by atoms with E-state index in [9.17, 15) is 4.79 Å². The van der Waals surface area contributed by atoms with Crippen LogP contribution in [0.25, 0.3) is 0 Å². The number of carbonyl (C=O) groups is 1. The Morgan fingerprint density at radius 1 is 1.50 bits per heavy atom. The summed E-state index contributed by atoms with van der Waals surface area (Å²) < 4.78 is 0. The molecule has 1 amide bonds. The van der Waals surface area contributed by atoms with Gasteiger partial charge in [-0.05, 0) is 40.3 Å². The maximum atomic E-state index is 12.0. The molecule has 2 N–H and O–H groups in total. The number of nitrogens with two attached hydrogens (primary N) is 1. The van der Waals surface area contributed by atoms with Gasteiger partial charge in [-0.2, -0.15) is 0 Å². The number of likely N-dealkylation sites (tertiary alicyclic amines) is 1. The molecule has 2 atom stereocenters. The molecule has 0 saturated carbocycles. The van der Waals surface area contributed by atoms with E-state index in [1.165, 1.54) is 6.42 Å². The van der Waals surface area contributed by atoms with Gasteiger partial charge in [0.15, 0.2) is 0 Å². The minimum absolute atomic E-state index is 0. The summed E-state index contributed by atoms with van der Waals surface area (Å²) >= 11 is 0. The van der Waals surface area contributed by atoms with E-state index < -0.39 is 0 Å². The maximum absolute atomic E-state index is 12.0. The Balaban J connectivity index is 0.00000225. The summed E-state index contributed by atoms with van der Waals surface area (Å²) in [6.45, 7) is 3.36. The van der Waals surface area contributed by atoms with Crippen LogP contribution in [-0.4, -0.2) is 55.0 Å². The third kappa shape index (κ3) is 4.28. The second-order valence-electron chi connectivity index (χ2n) is 4.75. The summed E-state index contributed by atoms with van der Waals surface area (Å²) in [5.41, 5.74) is 5.92. The summed E-state index contributed by atoms with van der Waals surface area (Å²) in [7, 11) is 3.84. The second-order valence-corrected chi connectivity index (χ2v) is 4.75. The van der Waals surface area contributed by atoms with E-state index in [1.807, 2.05) is 30.8 Å². The molecule has 1 fully saturated rings. The first kappa shape index (κ1) is 15.7. The molecule has 0 spiro atoms. The van der Waals surface area contributed by atoms with E-state index in [4.69, 9.17) is 5.73 Å². The molecule has 4 nitrogen and oxygen atoms in total. The SMILES string of the molecule is CC(N)C1CCCCN1C(=O)CN(C)C.Cl. The molecule has 1 rings (SSSR count). The van der Waals surface area contributed by atoms with Gasteiger partial charge in [-0.15, -0.1) is 12.4 Å². The molecule has 0 radical (unpaired) electrons. The fourth-order valence-electron chi connectivity index (χ4n) is 2.18. The quantitative estimate of drug-likeness (QED) is 0.801. The van der Waals surface area contributed by atoms with Crippen LogP contribution >= 0.6 is 12.4 Å². The predicted octanol–water partition coefficient (Wildman–Crippen LogP) is 0.698. The highest BCUT2D eigenvalue weighted by atomic mass is 35.5. The lowest BCUT2D eigenvalue weighted by molar-refractivity contribution is -0.135. The molecule has 1 aliphatic heterocycles. The third-order valence-electron chi connectivity index (χ3n) is 2.93. The van der Waals surface area contributed by atoms with Crippen LogP contribution in [0.1, 0.15) is 26.2 Å². The molecule has 1 heterocycles. The Morgan fingerprint density at radius 3 is 2.62 bits per heavy atom. The van der Waals surface area contributed by atoms with E-state index in [2.05, 4.69) is 0 Å². The largest absolute Gasteiger partial charge is 0.337 e. The van der Waals surface area contributed by atoms with E-state index in [1.54, 1.807) is 0 Å². The number of likely N-dealkylation sites (N-methyl/N-ethyl adjacent to an activating group) is 1. The number of halogens is 1. The Hall–Kier alpha value is -0.320. The fourth-order valence-corrected chi connectivity index (χ4v) is 2.18. The van der Waals surface area contributed by atoms with Crippen molar-refractivity contribution in [1.82, 2.24) is 9.80 Å². The van der Waals surface area contributed by atoms with Crippen LogP contribution in [0.4, 0.5) is 0 Å². The number of amides is 1. The summed E-state index contributed by atoms with van der Waals surface area (Å²) in [6, 6.07) is 0.322. The smallest absolute Gasteiger partial charge is 0.237 e. The van der Waals surface area contributed by atoms with Gasteiger partial charge in [0.2, 0.25) is 5.91 Å². The van der Waals surface area contributed by atoms with Crippen molar-refractivity contribution < 1.29 is 4.79 Å². The van der Waals surface area contributed by atoms with Gasteiger partial charge in [-0.1, -0.05) is 0 Å². The highest BCUT2D eigenvalue weighted by Crippen LogP contribution is 2.19. The van der Waals surface area contributed by atoms with Gasteiger partial charge in [0.1, 0.15) is 0 Å². The van der Waals surface area contributed by atoms with E-state index in [0.717, 1.165) is 19.4 Å². The third-order valence-corrected chi connectivity index (χ3v) is 2.93. The minimum Gasteiger partial charge on any atom is -0.337 e. The first-order chi connectivity index (χ1) is 7.02. The minimum atomic E-state index is 0. The molecule has 1 aliphatic rings. The number of hydrogen-bond acceptors (Lipinski definition) is 3. The number of carbonyl (C=O) groups excluding carboxylic acids is 1. The molecule has 0 aromatic rings. The van der Waals surface area contributed by atoms with E-state index in [0.29, 0.717) is 6.54 Å². The van der Waals surface area contributed by atoms with E-state index >= 15 is 0 Å². The lowest BCUT2D eigenvalue weighted by Crippen LogP contribution is -2.53. The number of hydrogen-bond donors (Lipinski definition) is 1. The molecule has 0 bridgehead atoms. The Labute approximate surface area is 105 Å². The molecule has 16 heavy (non-hydrogen) atoms. The van der Waals surface area contributed by atoms with Crippen molar-refractivity contribution >= 4 is 18.3 Å². The van der Waals surface area contributed by atoms with Crippen LogP contribution in [0, 0.1) is 0 Å². The monoisotopic (exact) mass is 249 g/mol. The number of nitrogens with zero attached hydrogens (tertiary/aromatic N) is 2. The van der Waals surface area contributed by atoms with Crippen molar-refractivity contribution in [1.29, 1.82) is 0 Å². The molecular weight excluding hydrogens is 226 g/mol. The van der Waals surface area contributed by atoms with Crippen LogP contribution in [0.2, 0.25) is 0 Å². The van der Waals surface area contributed by atoms with Crippen LogP contribution < -0.4 is 5.73 Å². The van der Waals surface area contributed by atoms with Gasteiger partial charge >= 0.3 is 0 Å². The van der Waals surface area contributed by atoms with Crippen molar-refractivity contribution in [3.63, 3.8) is 0 Å². The summed E-state index contributed by atoms with van der Waals surface area (Å²) in [6.07, 6.45) is 3.36. The molecule has 0 aromatic carbocycles. The zero-order chi connectivity index (χ0) is 11.4. The Bertz CT molecular complexity index is 221. The topological polar surface area (TPSA) is 49.6 Å². The highest BCUT2D eigenvalue weighted by molar-refractivity contribution is 5.85. The first-order valence-electron chi connectivity index (χ1n) is 5.72. The predicted molar refractivity (Wildman–Crippen MR) is 68.8 cm³/mol. The van der Waals surface area contributed by atoms with Crippen molar-refractivity contribution in [2.45, 2.75) is 38.3 Å². The fraction of sp³-hybridized carbons (Fsp3) is 0.909. The molecule has 2 unspecified atom stereocenters. The highest BCUT2D eigenvalue weighted by Gasteiger charge is 2.28. The van der Waals surface area contributed by atoms with Gasteiger partial charge in [-0.3, -0.25) is 4.79 Å². The van der Waals surface area contributed by atoms with Gasteiger partial charge in [0.05, 0.1) is 6.54 Å². The summed E-state index contributed by atoms with van der Waals surface area (Å²) in [5, 5.41) is 0. The molecule has 96 valence electrons. The summed E-state index contributed by atoms with van der Waals surface area (Å²) in [5.74, 6) is 0.210. The molecule has 1 saturated heterocycles. The summed E-state index contributed by atoms with van der Waals surface area (Å²) in [4.78, 5) is 15.8. The number of piperidine rings is 1. The standard InChI is InChI=1S/C11H23N3O.ClH/c1-9(12)10-6-4-5-7-14(10)11(15)8-13(2)3;/h9-10H,4-8,12H2,1-3H3;1H. The van der Waals surface area contributed by atoms with Gasteiger partial charge in [-0.25, -0.2) is 0 Å². The van der Waals surface area contributed by atoms with Gasteiger partial charge in [0, 0.05) is 18.6 Å². The van der Waals surface area contributed by atoms with Gasteiger partial charge in [0.25, 0.3) is 0 Å². The van der Waals surface area contributed by atoms with Gasteiger partial charge < -0.3 is 15.5 Å². The average Bonchev–Trinajstić information content (AvgIpc) is 2.16. The van der Waals surface area contributed by atoms with Crippen LogP contribution in [0.15, 0.2) is 0 Å². The van der Waals surface area contributed by atoms with Crippen LogP contribution in [-0.2, 0) is 4.79 Å². The van der Waals surface area contributed by atoms with Crippen molar-refractivity contribution in [2.75, 3.05) is 27.2 Å². The second kappa shape index (κ2) is 7.09. The zero-order valence-corrected chi connectivity index (χ0v) is 11.3. The normalized spacial score (nSPS) is 22.8. The lowest BCUT2D eigenvalue weighted by Gasteiger charge is -2.38. The van der Waals surface area contributed by atoms with Crippen molar-refractivity contribution in [2.24, 2.45) is 5.73 Å². The molecule has 5 heteroatoms. The Morgan fingerprint density at radius 2 is 2.12 bits per heavy atom. The van der Waals surface area contributed by atoms with Crippen molar-refractivity contribution in [3.8, 4) is 0 Å². The van der Waals surface area contributed by atoms with Crippen LogP contribution in [0.3, 0.4) is 0 Å². The molecule has 0 aliphatic carbocycles. The average molecular weight is 250 g/mol. The first-order valence-corrected chi connectivity index (χ1v) is 5.72. The maximum Gasteiger partial charge on any atom is 0.237 e. The molecule has 0 aromatic heterocycles.